The minimum Gasteiger partial charge on any atom is -0.486 e. The first-order valence-electron chi connectivity index (χ1n) is 7.24. The van der Waals surface area contributed by atoms with Gasteiger partial charge in [-0.05, 0) is 17.7 Å². The molecule has 0 saturated heterocycles. The molecular formula is C17H15ClN2O4. The second kappa shape index (κ2) is 7.23. The Balaban J connectivity index is 1.76. The topological polar surface area (TPSA) is 69.2 Å². The molecular weight excluding hydrogens is 332 g/mol. The second-order valence-electron chi connectivity index (χ2n) is 4.97. The number of fused-ring (bicyclic) bond motifs is 1. The highest BCUT2D eigenvalue weighted by Crippen LogP contribution is 2.38. The molecule has 2 aromatic rings. The molecule has 124 valence electrons. The average Bonchev–Trinajstić information content (AvgIpc) is 2.61. The molecule has 7 heteroatoms. The lowest BCUT2D eigenvalue weighted by molar-refractivity contribution is 0.102. The van der Waals surface area contributed by atoms with Crippen LogP contribution in [0.1, 0.15) is 15.9 Å². The van der Waals surface area contributed by atoms with Crippen molar-refractivity contribution in [2.45, 2.75) is 0 Å². The van der Waals surface area contributed by atoms with Crippen molar-refractivity contribution in [3.05, 3.63) is 52.5 Å². The summed E-state index contributed by atoms with van der Waals surface area (Å²) in [6, 6.07) is 10.2. The van der Waals surface area contributed by atoms with Crippen LogP contribution < -0.4 is 14.8 Å². The highest BCUT2D eigenvalue weighted by Gasteiger charge is 2.16. The monoisotopic (exact) mass is 346 g/mol. The Morgan fingerprint density at radius 1 is 1.21 bits per heavy atom. The normalized spacial score (nSPS) is 12.9. The number of amides is 1. The molecule has 1 heterocycles. The van der Waals surface area contributed by atoms with Crippen molar-refractivity contribution in [1.82, 2.24) is 0 Å². The van der Waals surface area contributed by atoms with Crippen LogP contribution in [0.15, 0.2) is 41.6 Å². The first kappa shape index (κ1) is 16.1. The van der Waals surface area contributed by atoms with Gasteiger partial charge in [0.05, 0.1) is 16.9 Å². The Hall–Kier alpha value is -2.73. The molecule has 1 aliphatic heterocycles. The Labute approximate surface area is 144 Å². The highest BCUT2D eigenvalue weighted by molar-refractivity contribution is 6.34. The van der Waals surface area contributed by atoms with E-state index in [0.717, 1.165) is 5.56 Å². The molecule has 0 aliphatic carbocycles. The van der Waals surface area contributed by atoms with E-state index in [1.807, 2.05) is 0 Å². The maximum atomic E-state index is 12.4. The first-order valence-corrected chi connectivity index (χ1v) is 7.62. The van der Waals surface area contributed by atoms with Crippen LogP contribution in [-0.4, -0.2) is 32.4 Å². The zero-order chi connectivity index (χ0) is 16.9. The van der Waals surface area contributed by atoms with Gasteiger partial charge in [-0.1, -0.05) is 28.9 Å². The van der Waals surface area contributed by atoms with Crippen LogP contribution in [0.3, 0.4) is 0 Å². The Morgan fingerprint density at radius 2 is 1.88 bits per heavy atom. The van der Waals surface area contributed by atoms with E-state index in [4.69, 9.17) is 21.1 Å². The van der Waals surface area contributed by atoms with Gasteiger partial charge < -0.3 is 19.6 Å². The van der Waals surface area contributed by atoms with E-state index in [-0.39, 0.29) is 5.91 Å². The number of carbonyl (C=O) groups is 1. The van der Waals surface area contributed by atoms with E-state index in [0.29, 0.717) is 41.0 Å². The van der Waals surface area contributed by atoms with Crippen molar-refractivity contribution in [2.24, 2.45) is 5.16 Å². The Bertz CT molecular complexity index is 775. The third kappa shape index (κ3) is 3.60. The van der Waals surface area contributed by atoms with Crippen molar-refractivity contribution in [1.29, 1.82) is 0 Å². The van der Waals surface area contributed by atoms with E-state index < -0.39 is 0 Å². The summed E-state index contributed by atoms with van der Waals surface area (Å²) in [5, 5.41) is 6.83. The molecule has 1 N–H and O–H groups in total. The van der Waals surface area contributed by atoms with E-state index in [9.17, 15) is 4.79 Å². The standard InChI is InChI=1S/C17H15ClN2O4/c1-22-19-10-11-2-4-12(5-3-11)17(21)20-14-9-16-15(8-13(14)18)23-6-7-24-16/h2-5,8-10H,6-7H2,1H3,(H,20,21)/b19-10+. The quantitative estimate of drug-likeness (QED) is 0.681. The summed E-state index contributed by atoms with van der Waals surface area (Å²) in [4.78, 5) is 17.0. The second-order valence-corrected chi connectivity index (χ2v) is 5.38. The molecule has 0 saturated carbocycles. The largest absolute Gasteiger partial charge is 0.486 e. The molecule has 0 unspecified atom stereocenters. The van der Waals surface area contributed by atoms with Crippen molar-refractivity contribution in [3.8, 4) is 11.5 Å². The Kier molecular flexibility index (Phi) is 4.86. The number of benzene rings is 2. The van der Waals surface area contributed by atoms with Gasteiger partial charge in [0.15, 0.2) is 11.5 Å². The molecule has 0 aromatic heterocycles. The van der Waals surface area contributed by atoms with Crippen molar-refractivity contribution in [2.75, 3.05) is 25.6 Å². The molecule has 6 nitrogen and oxygen atoms in total. The van der Waals surface area contributed by atoms with E-state index >= 15 is 0 Å². The number of halogens is 1. The van der Waals surface area contributed by atoms with E-state index in [2.05, 4.69) is 15.3 Å². The minimum atomic E-state index is -0.274. The van der Waals surface area contributed by atoms with Crippen LogP contribution in [0.5, 0.6) is 11.5 Å². The van der Waals surface area contributed by atoms with Crippen molar-refractivity contribution in [3.63, 3.8) is 0 Å². The number of hydrogen-bond donors (Lipinski definition) is 1. The van der Waals surface area contributed by atoms with Gasteiger partial charge in [0, 0.05) is 17.7 Å². The molecule has 1 amide bonds. The predicted molar refractivity (Wildman–Crippen MR) is 91.4 cm³/mol. The summed E-state index contributed by atoms with van der Waals surface area (Å²) in [5.74, 6) is 0.863. The lowest BCUT2D eigenvalue weighted by Crippen LogP contribution is -2.17. The van der Waals surface area contributed by atoms with Gasteiger partial charge in [-0.3, -0.25) is 4.79 Å². The third-order valence-electron chi connectivity index (χ3n) is 3.36. The predicted octanol–water partition coefficient (Wildman–Crippen LogP) is 3.34. The highest BCUT2D eigenvalue weighted by atomic mass is 35.5. The van der Waals surface area contributed by atoms with Gasteiger partial charge >= 0.3 is 0 Å². The number of carbonyl (C=O) groups excluding carboxylic acids is 1. The molecule has 0 spiro atoms. The fourth-order valence-corrected chi connectivity index (χ4v) is 2.39. The number of rotatable bonds is 4. The molecule has 0 radical (unpaired) electrons. The van der Waals surface area contributed by atoms with Crippen LogP contribution in [0.25, 0.3) is 0 Å². The van der Waals surface area contributed by atoms with Gasteiger partial charge in [-0.2, -0.15) is 0 Å². The number of hydrogen-bond acceptors (Lipinski definition) is 5. The molecule has 24 heavy (non-hydrogen) atoms. The fraction of sp³-hybridized carbons (Fsp3) is 0.176. The number of ether oxygens (including phenoxy) is 2. The summed E-state index contributed by atoms with van der Waals surface area (Å²) in [6.45, 7) is 0.945. The number of anilines is 1. The van der Waals surface area contributed by atoms with Gasteiger partial charge in [0.1, 0.15) is 20.3 Å². The number of nitrogens with zero attached hydrogens (tertiary/aromatic N) is 1. The molecule has 0 bridgehead atoms. The maximum Gasteiger partial charge on any atom is 0.255 e. The zero-order valence-corrected chi connectivity index (χ0v) is 13.7. The SMILES string of the molecule is CO/N=C/c1ccc(C(=O)Nc2cc3c(cc2Cl)OCCO3)cc1. The molecule has 3 rings (SSSR count). The van der Waals surface area contributed by atoms with Crippen LogP contribution in [0.2, 0.25) is 5.02 Å². The third-order valence-corrected chi connectivity index (χ3v) is 3.67. The first-order chi connectivity index (χ1) is 11.7. The van der Waals surface area contributed by atoms with Gasteiger partial charge in [0.2, 0.25) is 0 Å². The Morgan fingerprint density at radius 3 is 2.54 bits per heavy atom. The van der Waals surface area contributed by atoms with Crippen molar-refractivity contribution >= 4 is 29.4 Å². The van der Waals surface area contributed by atoms with Crippen molar-refractivity contribution < 1.29 is 19.1 Å². The van der Waals surface area contributed by atoms with Crippen LogP contribution >= 0.6 is 11.6 Å². The lowest BCUT2D eigenvalue weighted by Gasteiger charge is -2.20. The van der Waals surface area contributed by atoms with Gasteiger partial charge in [-0.25, -0.2) is 0 Å². The molecule has 0 fully saturated rings. The van der Waals surface area contributed by atoms with Crippen LogP contribution in [-0.2, 0) is 4.84 Å². The zero-order valence-electron chi connectivity index (χ0n) is 12.9. The van der Waals surface area contributed by atoms with E-state index in [1.54, 1.807) is 42.6 Å². The fourth-order valence-electron chi connectivity index (χ4n) is 2.19. The van der Waals surface area contributed by atoms with Crippen LogP contribution in [0, 0.1) is 0 Å². The summed E-state index contributed by atoms with van der Waals surface area (Å²) >= 11 is 6.19. The maximum absolute atomic E-state index is 12.4. The van der Waals surface area contributed by atoms with Gasteiger partial charge in [0.25, 0.3) is 5.91 Å². The summed E-state index contributed by atoms with van der Waals surface area (Å²) < 4.78 is 10.9. The number of oxime groups is 1. The van der Waals surface area contributed by atoms with Crippen LogP contribution in [0.4, 0.5) is 5.69 Å². The van der Waals surface area contributed by atoms with Gasteiger partial charge in [-0.15, -0.1) is 0 Å². The van der Waals surface area contributed by atoms with E-state index in [1.165, 1.54) is 7.11 Å². The summed E-state index contributed by atoms with van der Waals surface area (Å²) in [5.41, 5.74) is 1.79. The lowest BCUT2D eigenvalue weighted by atomic mass is 10.1. The summed E-state index contributed by atoms with van der Waals surface area (Å²) in [6.07, 6.45) is 1.55. The average molecular weight is 347 g/mol. The smallest absolute Gasteiger partial charge is 0.255 e. The molecule has 0 atom stereocenters. The molecule has 2 aromatic carbocycles. The summed E-state index contributed by atoms with van der Waals surface area (Å²) in [7, 11) is 1.47. The minimum absolute atomic E-state index is 0.274. The molecule has 1 aliphatic rings. The number of nitrogens with one attached hydrogen (secondary N) is 1.